The van der Waals surface area contributed by atoms with Gasteiger partial charge in [-0.1, -0.05) is 78.9 Å². The number of hydrogen-bond acceptors (Lipinski definition) is 6. The molecule has 1 saturated heterocycles. The zero-order valence-corrected chi connectivity index (χ0v) is 25.8. The molecule has 6 nitrogen and oxygen atoms in total. The fraction of sp³-hybridized carbons (Fsp3) is 0.143. The Labute approximate surface area is 262 Å². The molecule has 0 unspecified atom stereocenters. The highest BCUT2D eigenvalue weighted by atomic mass is 79.9. The smallest absolute Gasteiger partial charge is 0.293 e. The van der Waals surface area contributed by atoms with Gasteiger partial charge in [-0.3, -0.25) is 14.5 Å². The number of nitrogens with zero attached hydrogens (tertiary/aromatic N) is 1. The van der Waals surface area contributed by atoms with E-state index in [1.807, 2.05) is 85.8 Å². The lowest BCUT2D eigenvalue weighted by Crippen LogP contribution is -2.32. The van der Waals surface area contributed by atoms with Gasteiger partial charge in [0.25, 0.3) is 11.1 Å². The molecule has 0 atom stereocenters. The van der Waals surface area contributed by atoms with Gasteiger partial charge in [0.1, 0.15) is 19.0 Å². The molecule has 0 radical (unpaired) electrons. The number of halogens is 1. The quantitative estimate of drug-likeness (QED) is 0.140. The molecular formula is C35H28BrNO5S. The van der Waals surface area contributed by atoms with E-state index >= 15 is 0 Å². The van der Waals surface area contributed by atoms with Gasteiger partial charge < -0.3 is 14.2 Å². The van der Waals surface area contributed by atoms with Crippen LogP contribution in [0.4, 0.5) is 4.79 Å². The van der Waals surface area contributed by atoms with E-state index in [4.69, 9.17) is 14.2 Å². The first-order chi connectivity index (χ1) is 21.0. The summed E-state index contributed by atoms with van der Waals surface area (Å²) in [6.45, 7) is 3.05. The zero-order valence-electron chi connectivity index (χ0n) is 23.4. The highest BCUT2D eigenvalue weighted by molar-refractivity contribution is 9.10. The van der Waals surface area contributed by atoms with Gasteiger partial charge in [0.05, 0.1) is 22.5 Å². The monoisotopic (exact) mass is 653 g/mol. The maximum absolute atomic E-state index is 13.2. The summed E-state index contributed by atoms with van der Waals surface area (Å²) in [4.78, 5) is 27.5. The van der Waals surface area contributed by atoms with E-state index in [2.05, 4.69) is 34.1 Å². The van der Waals surface area contributed by atoms with Gasteiger partial charge >= 0.3 is 0 Å². The normalized spacial score (nSPS) is 14.2. The molecule has 0 aromatic heterocycles. The molecule has 0 N–H and O–H groups in total. The summed E-state index contributed by atoms with van der Waals surface area (Å²) in [6, 6.07) is 31.8. The van der Waals surface area contributed by atoms with Gasteiger partial charge in [-0.25, -0.2) is 0 Å². The van der Waals surface area contributed by atoms with Gasteiger partial charge in [0.15, 0.2) is 11.5 Å². The van der Waals surface area contributed by atoms with Crippen LogP contribution in [0.15, 0.2) is 106 Å². The van der Waals surface area contributed by atoms with Crippen LogP contribution >= 0.6 is 27.7 Å². The van der Waals surface area contributed by atoms with Crippen molar-refractivity contribution < 1.29 is 23.8 Å². The molecule has 1 aliphatic heterocycles. The first-order valence-corrected chi connectivity index (χ1v) is 15.5. The number of carbonyl (C=O) groups excluding carboxylic acids is 2. The summed E-state index contributed by atoms with van der Waals surface area (Å²) >= 11 is 4.55. The molecule has 1 heterocycles. The summed E-state index contributed by atoms with van der Waals surface area (Å²) in [7, 11) is 0. The number of carbonyl (C=O) groups is 2. The minimum atomic E-state index is -0.345. The van der Waals surface area contributed by atoms with Gasteiger partial charge in [-0.05, 0) is 86.2 Å². The topological polar surface area (TPSA) is 65.1 Å². The van der Waals surface area contributed by atoms with Crippen LogP contribution in [0.3, 0.4) is 0 Å². The average Bonchev–Trinajstić information content (AvgIpc) is 3.28. The summed E-state index contributed by atoms with van der Waals surface area (Å²) in [5, 5.41) is 4.01. The predicted molar refractivity (Wildman–Crippen MR) is 176 cm³/mol. The van der Waals surface area contributed by atoms with Crippen molar-refractivity contribution in [2.45, 2.75) is 13.5 Å². The molecule has 1 aliphatic rings. The van der Waals surface area contributed by atoms with Crippen LogP contribution in [0.2, 0.25) is 0 Å². The highest BCUT2D eigenvalue weighted by Crippen LogP contribution is 2.40. The second-order valence-electron chi connectivity index (χ2n) is 9.85. The second kappa shape index (κ2) is 12.9. The molecule has 43 heavy (non-hydrogen) atoms. The SMILES string of the molecule is CCOc1cc(/C=C2\SC(=O)N(CCOc3cccc4ccccc34)C2=O)cc(Br)c1OCc1cccc2ccccc12. The Balaban J connectivity index is 1.16. The third-order valence-electron chi connectivity index (χ3n) is 7.08. The third kappa shape index (κ3) is 6.26. The standard InChI is InChI=1S/C35H28BrNO5S/c1-2-40-31-20-23(19-29(36)33(31)42-22-26-13-7-11-24-9-3-5-14-27(24)26)21-32-34(38)37(35(39)43-32)17-18-41-30-16-8-12-25-10-4-6-15-28(25)30/h3-16,19-21H,2,17-18,22H2,1H3/b32-21-. The summed E-state index contributed by atoms with van der Waals surface area (Å²) in [5.41, 5.74) is 1.78. The lowest BCUT2D eigenvalue weighted by atomic mass is 10.1. The van der Waals surface area contributed by atoms with Gasteiger partial charge in [0.2, 0.25) is 0 Å². The maximum Gasteiger partial charge on any atom is 0.293 e. The molecule has 8 heteroatoms. The van der Waals surface area contributed by atoms with Gasteiger partial charge in [-0.2, -0.15) is 0 Å². The first kappa shape index (κ1) is 28.8. The predicted octanol–water partition coefficient (Wildman–Crippen LogP) is 8.85. The number of thioether (sulfide) groups is 1. The lowest BCUT2D eigenvalue weighted by molar-refractivity contribution is -0.123. The van der Waals surface area contributed by atoms with E-state index in [1.165, 1.54) is 4.90 Å². The number of imide groups is 1. The van der Waals surface area contributed by atoms with Crippen molar-refractivity contribution in [3.05, 3.63) is 118 Å². The van der Waals surface area contributed by atoms with Crippen LogP contribution in [0.5, 0.6) is 17.2 Å². The van der Waals surface area contributed by atoms with Crippen LogP contribution < -0.4 is 14.2 Å². The molecule has 0 saturated carbocycles. The molecule has 1 fully saturated rings. The molecule has 0 bridgehead atoms. The second-order valence-corrected chi connectivity index (χ2v) is 11.7. The molecule has 0 spiro atoms. The minimum absolute atomic E-state index is 0.153. The van der Waals surface area contributed by atoms with Crippen molar-refractivity contribution in [1.82, 2.24) is 4.90 Å². The molecule has 216 valence electrons. The Hall–Kier alpha value is -4.27. The molecule has 6 rings (SSSR count). The van der Waals surface area contributed by atoms with Crippen molar-refractivity contribution in [3.8, 4) is 17.2 Å². The number of hydrogen-bond donors (Lipinski definition) is 0. The Bertz CT molecular complexity index is 1860. The summed E-state index contributed by atoms with van der Waals surface area (Å²) in [6.07, 6.45) is 1.71. The molecule has 0 aliphatic carbocycles. The van der Waals surface area contributed by atoms with E-state index in [0.717, 1.165) is 44.6 Å². The number of benzene rings is 5. The average molecular weight is 655 g/mol. The summed E-state index contributed by atoms with van der Waals surface area (Å²) in [5.74, 6) is 1.50. The first-order valence-electron chi connectivity index (χ1n) is 13.9. The number of fused-ring (bicyclic) bond motifs is 2. The zero-order chi connectivity index (χ0) is 29.8. The Kier molecular flexibility index (Phi) is 8.67. The molecule has 5 aromatic rings. The van der Waals surface area contributed by atoms with Gasteiger partial charge in [-0.15, -0.1) is 0 Å². The lowest BCUT2D eigenvalue weighted by Gasteiger charge is -2.16. The van der Waals surface area contributed by atoms with Crippen molar-refractivity contribution in [3.63, 3.8) is 0 Å². The summed E-state index contributed by atoms with van der Waals surface area (Å²) < 4.78 is 18.8. The van der Waals surface area contributed by atoms with E-state index in [9.17, 15) is 9.59 Å². The van der Waals surface area contributed by atoms with E-state index in [0.29, 0.717) is 39.7 Å². The van der Waals surface area contributed by atoms with E-state index in [-0.39, 0.29) is 24.3 Å². The van der Waals surface area contributed by atoms with Crippen molar-refractivity contribution in [1.29, 1.82) is 0 Å². The number of rotatable bonds is 10. The number of ether oxygens (including phenoxy) is 3. The van der Waals surface area contributed by atoms with Crippen LogP contribution in [-0.2, 0) is 11.4 Å². The van der Waals surface area contributed by atoms with E-state index in [1.54, 1.807) is 6.08 Å². The van der Waals surface area contributed by atoms with Crippen LogP contribution in [0.25, 0.3) is 27.6 Å². The van der Waals surface area contributed by atoms with Crippen LogP contribution in [0, 0.1) is 0 Å². The minimum Gasteiger partial charge on any atom is -0.491 e. The van der Waals surface area contributed by atoms with Crippen LogP contribution in [-0.4, -0.2) is 35.8 Å². The Morgan fingerprint density at radius 2 is 1.49 bits per heavy atom. The van der Waals surface area contributed by atoms with Gasteiger partial charge in [0, 0.05) is 5.39 Å². The van der Waals surface area contributed by atoms with Crippen molar-refractivity contribution in [2.75, 3.05) is 19.8 Å². The Morgan fingerprint density at radius 1 is 0.791 bits per heavy atom. The fourth-order valence-corrected chi connectivity index (χ4v) is 6.49. The molecule has 5 aromatic carbocycles. The molecule has 2 amide bonds. The maximum atomic E-state index is 13.2. The highest BCUT2D eigenvalue weighted by Gasteiger charge is 2.35. The Morgan fingerprint density at radius 3 is 2.28 bits per heavy atom. The van der Waals surface area contributed by atoms with Crippen LogP contribution in [0.1, 0.15) is 18.1 Å². The third-order valence-corrected chi connectivity index (χ3v) is 8.57. The largest absolute Gasteiger partial charge is 0.491 e. The van der Waals surface area contributed by atoms with Crippen molar-refractivity contribution in [2.24, 2.45) is 0 Å². The fourth-order valence-electron chi connectivity index (χ4n) is 5.06. The van der Waals surface area contributed by atoms with E-state index < -0.39 is 0 Å². The van der Waals surface area contributed by atoms with Crippen molar-refractivity contribution >= 4 is 66.5 Å². The molecular weight excluding hydrogens is 626 g/mol. The number of amides is 2.